The first kappa shape index (κ1) is 27.3. The lowest BCUT2D eigenvalue weighted by molar-refractivity contribution is -0.130. The van der Waals surface area contributed by atoms with Crippen LogP contribution in [0.4, 0.5) is 5.69 Å². The Morgan fingerprint density at radius 2 is 1.66 bits per heavy atom. The van der Waals surface area contributed by atoms with Crippen molar-refractivity contribution < 1.29 is 19.1 Å². The molecule has 10 heteroatoms. The Hall–Kier alpha value is -3.79. The molecule has 0 spiro atoms. The van der Waals surface area contributed by atoms with Crippen LogP contribution in [0.5, 0.6) is 11.5 Å². The van der Waals surface area contributed by atoms with Crippen molar-refractivity contribution in [2.45, 2.75) is 70.0 Å². The summed E-state index contributed by atoms with van der Waals surface area (Å²) < 4.78 is 10.8. The first-order valence-electron chi connectivity index (χ1n) is 13.3. The van der Waals surface area contributed by atoms with Crippen LogP contribution in [0.15, 0.2) is 47.5 Å². The van der Waals surface area contributed by atoms with Crippen LogP contribution in [-0.2, 0) is 22.6 Å². The summed E-state index contributed by atoms with van der Waals surface area (Å²) in [7, 11) is 0. The molecular weight excluding hydrogens is 484 g/mol. The molecule has 2 aromatic rings. The van der Waals surface area contributed by atoms with Gasteiger partial charge in [-0.2, -0.15) is 0 Å². The molecule has 2 atom stereocenters. The number of fused-ring (bicyclic) bond motifs is 1. The van der Waals surface area contributed by atoms with Crippen LogP contribution in [-0.4, -0.2) is 36.7 Å². The predicted octanol–water partition coefficient (Wildman–Crippen LogP) is 2.35. The predicted molar refractivity (Wildman–Crippen MR) is 146 cm³/mol. The van der Waals surface area contributed by atoms with Gasteiger partial charge in [-0.15, -0.1) is 0 Å². The van der Waals surface area contributed by atoms with Gasteiger partial charge in [0.2, 0.25) is 18.6 Å². The minimum absolute atomic E-state index is 0.0232. The maximum Gasteiger partial charge on any atom is 0.242 e. The summed E-state index contributed by atoms with van der Waals surface area (Å²) in [5, 5.41) is 5.89. The fraction of sp³-hybridized carbons (Fsp3) is 0.464. The lowest BCUT2D eigenvalue weighted by atomic mass is 9.85. The van der Waals surface area contributed by atoms with E-state index in [0.29, 0.717) is 42.5 Å². The van der Waals surface area contributed by atoms with Crippen LogP contribution < -0.4 is 37.3 Å². The Kier molecular flexibility index (Phi) is 9.42. The van der Waals surface area contributed by atoms with Gasteiger partial charge in [0.15, 0.2) is 17.5 Å². The van der Waals surface area contributed by atoms with Crippen LogP contribution in [0.2, 0.25) is 0 Å². The molecule has 0 radical (unpaired) electrons. The lowest BCUT2D eigenvalue weighted by Gasteiger charge is -2.25. The second-order valence-electron chi connectivity index (χ2n) is 10.1. The van der Waals surface area contributed by atoms with E-state index in [0.717, 1.165) is 17.5 Å². The first-order valence-corrected chi connectivity index (χ1v) is 13.3. The molecule has 0 bridgehead atoms. The molecule has 1 heterocycles. The summed E-state index contributed by atoms with van der Waals surface area (Å²) in [5.74, 6) is 1.34. The van der Waals surface area contributed by atoms with E-state index < -0.39 is 12.1 Å². The number of nitrogens with two attached hydrogens (primary N) is 3. The van der Waals surface area contributed by atoms with Gasteiger partial charge < -0.3 is 37.3 Å². The molecule has 0 unspecified atom stereocenters. The summed E-state index contributed by atoms with van der Waals surface area (Å²) in [6.07, 6.45) is 7.86. The number of nitrogens with zero attached hydrogens (tertiary/aromatic N) is 1. The summed E-state index contributed by atoms with van der Waals surface area (Å²) >= 11 is 0. The molecule has 2 amide bonds. The molecule has 1 fully saturated rings. The quantitative estimate of drug-likeness (QED) is 0.223. The second kappa shape index (κ2) is 13.1. The van der Waals surface area contributed by atoms with Crippen molar-refractivity contribution in [3.63, 3.8) is 0 Å². The molecule has 2 aliphatic rings. The van der Waals surface area contributed by atoms with Gasteiger partial charge in [-0.3, -0.25) is 9.59 Å². The Balaban J connectivity index is 1.35. The van der Waals surface area contributed by atoms with Crippen molar-refractivity contribution in [2.24, 2.45) is 28.1 Å². The van der Waals surface area contributed by atoms with E-state index in [-0.39, 0.29) is 24.6 Å². The molecule has 1 saturated carbocycles. The third kappa shape index (κ3) is 7.85. The van der Waals surface area contributed by atoms with Gasteiger partial charge in [0.05, 0.1) is 11.7 Å². The van der Waals surface area contributed by atoms with E-state index in [1.165, 1.54) is 32.1 Å². The molecule has 8 N–H and O–H groups in total. The van der Waals surface area contributed by atoms with Gasteiger partial charge in [0.1, 0.15) is 6.04 Å². The van der Waals surface area contributed by atoms with Crippen LogP contribution >= 0.6 is 0 Å². The zero-order valence-corrected chi connectivity index (χ0v) is 21.7. The summed E-state index contributed by atoms with van der Waals surface area (Å²) in [6, 6.07) is 11.3. The highest BCUT2D eigenvalue weighted by Crippen LogP contribution is 2.32. The third-order valence-corrected chi connectivity index (χ3v) is 7.11. The highest BCUT2D eigenvalue weighted by Gasteiger charge is 2.26. The lowest BCUT2D eigenvalue weighted by Crippen LogP contribution is -2.52. The average molecular weight is 523 g/mol. The summed E-state index contributed by atoms with van der Waals surface area (Å²) in [4.78, 5) is 30.2. The highest BCUT2D eigenvalue weighted by atomic mass is 16.7. The summed E-state index contributed by atoms with van der Waals surface area (Å²) in [6.45, 7) is 0.514. The number of rotatable bonds is 11. The molecule has 0 saturated heterocycles. The fourth-order valence-electron chi connectivity index (χ4n) is 4.99. The zero-order chi connectivity index (χ0) is 26.9. The Labute approximate surface area is 223 Å². The van der Waals surface area contributed by atoms with Gasteiger partial charge in [-0.25, -0.2) is 4.99 Å². The van der Waals surface area contributed by atoms with E-state index in [4.69, 9.17) is 26.7 Å². The van der Waals surface area contributed by atoms with E-state index >= 15 is 0 Å². The molecular formula is C28H38N6O4. The minimum atomic E-state index is -0.803. The smallest absolute Gasteiger partial charge is 0.242 e. The number of benzene rings is 2. The van der Waals surface area contributed by atoms with Crippen LogP contribution in [0.1, 0.15) is 56.1 Å². The van der Waals surface area contributed by atoms with E-state index in [9.17, 15) is 9.59 Å². The van der Waals surface area contributed by atoms with Crippen molar-refractivity contribution in [1.82, 2.24) is 10.6 Å². The van der Waals surface area contributed by atoms with Crippen molar-refractivity contribution in [1.29, 1.82) is 0 Å². The largest absolute Gasteiger partial charge is 0.454 e. The molecule has 4 rings (SSSR count). The number of nitrogens with one attached hydrogen (secondary N) is 2. The zero-order valence-electron chi connectivity index (χ0n) is 21.7. The van der Waals surface area contributed by atoms with Crippen molar-refractivity contribution in [3.8, 4) is 11.5 Å². The second-order valence-corrected chi connectivity index (χ2v) is 10.1. The van der Waals surface area contributed by atoms with Gasteiger partial charge in [0, 0.05) is 6.54 Å². The van der Waals surface area contributed by atoms with E-state index in [1.54, 1.807) is 12.1 Å². The van der Waals surface area contributed by atoms with E-state index in [1.807, 2.05) is 30.3 Å². The minimum Gasteiger partial charge on any atom is -0.454 e. The van der Waals surface area contributed by atoms with E-state index in [2.05, 4.69) is 15.6 Å². The van der Waals surface area contributed by atoms with Crippen molar-refractivity contribution in [3.05, 3.63) is 53.6 Å². The highest BCUT2D eigenvalue weighted by molar-refractivity contribution is 5.89. The molecule has 1 aliphatic carbocycles. The Morgan fingerprint density at radius 1 is 0.947 bits per heavy atom. The van der Waals surface area contributed by atoms with Crippen molar-refractivity contribution in [2.75, 3.05) is 6.79 Å². The SMILES string of the molecule is NC(N)=Nc1ccc(C[C@H](N)C(=O)N[C@@H](CCC2CCCCC2)C(=O)NCc2ccc3c(c2)OCO3)cc1. The first-order chi connectivity index (χ1) is 18.4. The number of hydrogen-bond acceptors (Lipinski definition) is 6. The summed E-state index contributed by atoms with van der Waals surface area (Å²) in [5.41, 5.74) is 19.4. The molecule has 204 valence electrons. The van der Waals surface area contributed by atoms with Crippen LogP contribution in [0.25, 0.3) is 0 Å². The number of ether oxygens (including phenoxy) is 2. The molecule has 2 aromatic carbocycles. The third-order valence-electron chi connectivity index (χ3n) is 7.11. The average Bonchev–Trinajstić information content (AvgIpc) is 3.39. The molecule has 0 aromatic heterocycles. The Morgan fingerprint density at radius 3 is 2.39 bits per heavy atom. The monoisotopic (exact) mass is 522 g/mol. The van der Waals surface area contributed by atoms with Crippen molar-refractivity contribution >= 4 is 23.5 Å². The van der Waals surface area contributed by atoms with Gasteiger partial charge in [0.25, 0.3) is 0 Å². The molecule has 38 heavy (non-hydrogen) atoms. The topological polar surface area (TPSA) is 167 Å². The number of hydrogen-bond donors (Lipinski definition) is 5. The van der Waals surface area contributed by atoms with Gasteiger partial charge in [-0.05, 0) is 60.6 Å². The normalized spacial score (nSPS) is 16.3. The molecule has 10 nitrogen and oxygen atoms in total. The number of amides is 2. The molecule has 1 aliphatic heterocycles. The number of carbonyl (C=O) groups excluding carboxylic acids is 2. The van der Waals surface area contributed by atoms with Gasteiger partial charge >= 0.3 is 0 Å². The number of carbonyl (C=O) groups is 2. The number of guanidine groups is 1. The van der Waals surface area contributed by atoms with Crippen LogP contribution in [0.3, 0.4) is 0 Å². The fourth-order valence-corrected chi connectivity index (χ4v) is 4.99. The standard InChI is InChI=1S/C28H38N6O4/c29-22(14-19-6-10-21(11-7-19)33-28(30)31)26(35)34-23(12-8-18-4-2-1-3-5-18)27(36)32-16-20-9-13-24-25(15-20)38-17-37-24/h6-7,9-11,13,15,18,22-23H,1-5,8,12,14,16-17,29H2,(H,32,36)(H,34,35)(H4,30,31,33)/t22-,23-/m0/s1. The number of aliphatic imine (C=N–C) groups is 1. The maximum absolute atomic E-state index is 13.2. The maximum atomic E-state index is 13.2. The van der Waals surface area contributed by atoms with Gasteiger partial charge in [-0.1, -0.05) is 50.3 Å². The van der Waals surface area contributed by atoms with Crippen LogP contribution in [0, 0.1) is 5.92 Å². The Bertz CT molecular complexity index is 1130.